The van der Waals surface area contributed by atoms with Crippen molar-refractivity contribution in [3.8, 4) is 0 Å². The minimum atomic E-state index is -0.382. The minimum absolute atomic E-state index is 0.128. The van der Waals surface area contributed by atoms with Crippen LogP contribution in [-0.2, 0) is 25.9 Å². The van der Waals surface area contributed by atoms with Gasteiger partial charge < -0.3 is 0 Å². The normalized spacial score (nSPS) is 13.1. The molecule has 0 amide bonds. The smallest absolute Gasteiger partial charge is 0.278 e. The molecule has 8 heteroatoms. The topological polar surface area (TPSA) is 78.4 Å². The molecule has 0 N–H and O–H groups in total. The van der Waals surface area contributed by atoms with Gasteiger partial charge in [-0.2, -0.15) is 0 Å². The van der Waals surface area contributed by atoms with Gasteiger partial charge in [0.25, 0.3) is 11.1 Å². The number of thiophene rings is 1. The van der Waals surface area contributed by atoms with E-state index in [4.69, 9.17) is 0 Å². The Hall–Kier alpha value is -3.78. The number of benzene rings is 1. The summed E-state index contributed by atoms with van der Waals surface area (Å²) in [4.78, 5) is 46.5. The average Bonchev–Trinajstić information content (AvgIpc) is 3.41. The largest absolute Gasteiger partial charge is 0.332 e. The first-order valence-corrected chi connectivity index (χ1v) is 12.1. The fraction of sp³-hybridized carbons (Fsp3) is 0.231. The molecule has 1 aliphatic rings. The number of fused-ring (bicyclic) bond motifs is 4. The van der Waals surface area contributed by atoms with Gasteiger partial charge in [-0.05, 0) is 49.4 Å². The third kappa shape index (κ3) is 3.25. The fourth-order valence-corrected chi connectivity index (χ4v) is 6.28. The molecule has 4 aromatic heterocycles. The van der Waals surface area contributed by atoms with Crippen molar-refractivity contribution in [1.29, 1.82) is 0 Å². The quantitative estimate of drug-likeness (QED) is 0.404. The monoisotopic (exact) mass is 470 g/mol. The van der Waals surface area contributed by atoms with Crippen molar-refractivity contribution in [2.45, 2.75) is 39.3 Å². The molecule has 170 valence electrons. The van der Waals surface area contributed by atoms with Gasteiger partial charge >= 0.3 is 5.69 Å². The summed E-state index contributed by atoms with van der Waals surface area (Å²) in [5.41, 5.74) is 2.99. The lowest BCUT2D eigenvalue weighted by Gasteiger charge is -2.13. The maximum atomic E-state index is 13.7. The first-order valence-electron chi connectivity index (χ1n) is 11.3. The molecular formula is C26H22N4O3S. The lowest BCUT2D eigenvalue weighted by Crippen LogP contribution is -2.40. The van der Waals surface area contributed by atoms with Gasteiger partial charge in [0.2, 0.25) is 0 Å². The predicted molar refractivity (Wildman–Crippen MR) is 133 cm³/mol. The zero-order valence-corrected chi connectivity index (χ0v) is 19.5. The minimum Gasteiger partial charge on any atom is -0.278 e. The van der Waals surface area contributed by atoms with E-state index in [2.05, 4.69) is 4.98 Å². The summed E-state index contributed by atoms with van der Waals surface area (Å²) in [6.07, 6.45) is 2.80. The van der Waals surface area contributed by atoms with E-state index in [9.17, 15) is 14.4 Å². The average molecular weight is 471 g/mol. The highest BCUT2D eigenvalue weighted by atomic mass is 32.1. The summed E-state index contributed by atoms with van der Waals surface area (Å²) < 4.78 is 4.50. The van der Waals surface area contributed by atoms with Crippen LogP contribution in [0.25, 0.3) is 15.9 Å². The van der Waals surface area contributed by atoms with Crippen molar-refractivity contribution in [2.24, 2.45) is 0 Å². The van der Waals surface area contributed by atoms with Crippen LogP contribution in [0.15, 0.2) is 69.0 Å². The number of hydrogen-bond donors (Lipinski definition) is 0. The summed E-state index contributed by atoms with van der Waals surface area (Å²) in [5, 5.41) is 0.640. The summed E-state index contributed by atoms with van der Waals surface area (Å²) in [6.45, 7) is 2.19. The van der Waals surface area contributed by atoms with Gasteiger partial charge in [0.05, 0.1) is 24.2 Å². The Kier molecular flexibility index (Phi) is 4.84. The molecule has 0 unspecified atom stereocenters. The van der Waals surface area contributed by atoms with Gasteiger partial charge in [0.1, 0.15) is 10.5 Å². The van der Waals surface area contributed by atoms with Gasteiger partial charge in [0, 0.05) is 16.6 Å². The van der Waals surface area contributed by atoms with E-state index >= 15 is 0 Å². The summed E-state index contributed by atoms with van der Waals surface area (Å²) >= 11 is 1.52. The molecule has 5 aromatic rings. The van der Waals surface area contributed by atoms with Crippen molar-refractivity contribution in [3.05, 3.63) is 113 Å². The second-order valence-corrected chi connectivity index (χ2v) is 9.81. The molecule has 0 atom stereocenters. The van der Waals surface area contributed by atoms with Crippen molar-refractivity contribution >= 4 is 27.2 Å². The Morgan fingerprint density at radius 1 is 0.941 bits per heavy atom. The highest BCUT2D eigenvalue weighted by molar-refractivity contribution is 7.18. The van der Waals surface area contributed by atoms with Crippen LogP contribution in [0.2, 0.25) is 0 Å². The van der Waals surface area contributed by atoms with E-state index in [-0.39, 0.29) is 29.9 Å². The molecule has 0 radical (unpaired) electrons. The van der Waals surface area contributed by atoms with Crippen LogP contribution in [0.5, 0.6) is 0 Å². The molecular weight excluding hydrogens is 448 g/mol. The lowest BCUT2D eigenvalue weighted by atomic mass is 10.2. The second-order valence-electron chi connectivity index (χ2n) is 8.73. The fourth-order valence-electron chi connectivity index (χ4n) is 4.91. The molecule has 0 aliphatic heterocycles. The van der Waals surface area contributed by atoms with Crippen molar-refractivity contribution in [1.82, 2.24) is 18.5 Å². The Balaban J connectivity index is 1.57. The molecule has 1 aliphatic carbocycles. The predicted octanol–water partition coefficient (Wildman–Crippen LogP) is 3.13. The van der Waals surface area contributed by atoms with Crippen LogP contribution in [-0.4, -0.2) is 18.5 Å². The highest BCUT2D eigenvalue weighted by Crippen LogP contribution is 2.35. The van der Waals surface area contributed by atoms with Crippen LogP contribution in [0.3, 0.4) is 0 Å². The lowest BCUT2D eigenvalue weighted by molar-refractivity contribution is 0.631. The van der Waals surface area contributed by atoms with Crippen LogP contribution in [0.1, 0.15) is 33.8 Å². The second kappa shape index (κ2) is 7.92. The van der Waals surface area contributed by atoms with E-state index in [0.29, 0.717) is 21.6 Å². The van der Waals surface area contributed by atoms with E-state index in [1.54, 1.807) is 15.0 Å². The van der Waals surface area contributed by atoms with Crippen LogP contribution >= 0.6 is 11.3 Å². The number of hydrogen-bond acceptors (Lipinski definition) is 5. The molecule has 0 bridgehead atoms. The van der Waals surface area contributed by atoms with E-state index in [0.717, 1.165) is 36.1 Å². The first kappa shape index (κ1) is 20.8. The number of rotatable bonds is 4. The van der Waals surface area contributed by atoms with Gasteiger partial charge in [0.15, 0.2) is 0 Å². The van der Waals surface area contributed by atoms with E-state index in [1.807, 2.05) is 49.4 Å². The van der Waals surface area contributed by atoms with E-state index < -0.39 is 0 Å². The molecule has 34 heavy (non-hydrogen) atoms. The molecule has 6 rings (SSSR count). The third-order valence-corrected chi connectivity index (χ3v) is 7.82. The molecule has 0 spiro atoms. The summed E-state index contributed by atoms with van der Waals surface area (Å²) in [7, 11) is 0. The van der Waals surface area contributed by atoms with Crippen LogP contribution in [0.4, 0.5) is 0 Å². The molecule has 7 nitrogen and oxygen atoms in total. The molecule has 0 saturated heterocycles. The van der Waals surface area contributed by atoms with Gasteiger partial charge in [-0.25, -0.2) is 9.78 Å². The maximum absolute atomic E-state index is 13.7. The van der Waals surface area contributed by atoms with Crippen molar-refractivity contribution in [2.75, 3.05) is 0 Å². The Morgan fingerprint density at radius 3 is 2.59 bits per heavy atom. The summed E-state index contributed by atoms with van der Waals surface area (Å²) in [6, 6.07) is 16.5. The SMILES string of the molecule is Cc1cccc2nc(Cn3c(=O)n(Cc4ccccc4)c(=O)c4c5c(sc43)CCC5)cc(=O)n12. The Morgan fingerprint density at radius 2 is 1.76 bits per heavy atom. The number of aryl methyl sites for hydroxylation is 3. The Bertz CT molecular complexity index is 1760. The molecule has 4 heterocycles. The molecule has 0 saturated carbocycles. The zero-order valence-electron chi connectivity index (χ0n) is 18.7. The van der Waals surface area contributed by atoms with Crippen molar-refractivity contribution in [3.63, 3.8) is 0 Å². The van der Waals surface area contributed by atoms with Gasteiger partial charge in [-0.1, -0.05) is 36.4 Å². The molecule has 0 fully saturated rings. The van der Waals surface area contributed by atoms with E-state index in [1.165, 1.54) is 26.8 Å². The van der Waals surface area contributed by atoms with Gasteiger partial charge in [-0.15, -0.1) is 11.3 Å². The van der Waals surface area contributed by atoms with Crippen molar-refractivity contribution < 1.29 is 0 Å². The Labute approximate surface area is 198 Å². The molecule has 1 aromatic carbocycles. The van der Waals surface area contributed by atoms with Crippen LogP contribution < -0.4 is 16.8 Å². The highest BCUT2D eigenvalue weighted by Gasteiger charge is 2.25. The van der Waals surface area contributed by atoms with Gasteiger partial charge in [-0.3, -0.25) is 23.1 Å². The van der Waals surface area contributed by atoms with Crippen LogP contribution in [0, 0.1) is 6.92 Å². The standard InChI is InChI=1S/C26H22N4O3S/c1-16-7-5-12-21-27-18(13-22(31)30(16)21)15-29-25-23(19-10-6-11-20(19)34-25)24(32)28(26(29)33)14-17-8-3-2-4-9-17/h2-5,7-9,12-13H,6,10-11,14-15H2,1H3. The number of aromatic nitrogens is 4. The number of nitrogens with zero attached hydrogens (tertiary/aromatic N) is 4. The first-order chi connectivity index (χ1) is 16.5. The number of pyridine rings is 1. The third-order valence-electron chi connectivity index (χ3n) is 6.51. The zero-order chi connectivity index (χ0) is 23.4. The summed E-state index contributed by atoms with van der Waals surface area (Å²) in [5.74, 6) is 0. The maximum Gasteiger partial charge on any atom is 0.332 e.